The quantitative estimate of drug-likeness (QED) is 0.277. The molecule has 0 bridgehead atoms. The van der Waals surface area contributed by atoms with Crippen molar-refractivity contribution in [1.29, 1.82) is 0 Å². The number of alkyl halides is 4. The maximum Gasteiger partial charge on any atom is 0.460 e. The molecule has 0 N–H and O–H groups in total. The highest BCUT2D eigenvalue weighted by atomic mass is 19.4. The zero-order valence-electron chi connectivity index (χ0n) is 11.8. The van der Waals surface area contributed by atoms with Crippen LogP contribution in [0.25, 0.3) is 10.9 Å². The van der Waals surface area contributed by atoms with E-state index in [1.165, 1.54) is 18.3 Å². The van der Waals surface area contributed by atoms with E-state index in [1.807, 2.05) is 0 Å². The van der Waals surface area contributed by atoms with Crippen molar-refractivity contribution in [1.82, 2.24) is 4.98 Å². The number of nitro benzene ring substituents is 1. The molecule has 2 aromatic rings. The van der Waals surface area contributed by atoms with Crippen LogP contribution in [0.15, 0.2) is 30.5 Å². The van der Waals surface area contributed by atoms with Gasteiger partial charge in [-0.15, -0.1) is 0 Å². The number of aromatic nitrogens is 1. The molecule has 0 saturated carbocycles. The molecule has 1 atom stereocenters. The van der Waals surface area contributed by atoms with Crippen LogP contribution in [0.2, 0.25) is 0 Å². The average Bonchev–Trinajstić information content (AvgIpc) is 2.52. The first-order chi connectivity index (χ1) is 11.1. The molecule has 11 heteroatoms. The van der Waals surface area contributed by atoms with Crippen molar-refractivity contribution in [2.24, 2.45) is 0 Å². The van der Waals surface area contributed by atoms with Crippen LogP contribution in [-0.2, 0) is 9.53 Å². The molecule has 1 aromatic carbocycles. The first-order valence-electron chi connectivity index (χ1n) is 6.16. The Hall–Kier alpha value is -2.82. The maximum atomic E-state index is 13.8. The summed E-state index contributed by atoms with van der Waals surface area (Å²) >= 11 is 0. The summed E-state index contributed by atoms with van der Waals surface area (Å²) < 4.78 is 59.7. The SMILES string of the molecule is CO[C@](F)(C(=O)Oc1cc([N+](=O)[O-])cc2cccnc12)C(F)(F)F. The lowest BCUT2D eigenvalue weighted by atomic mass is 10.2. The van der Waals surface area contributed by atoms with Crippen LogP contribution >= 0.6 is 0 Å². The normalized spacial score (nSPS) is 14.2. The molecular weight excluding hydrogens is 340 g/mol. The molecule has 0 radical (unpaired) electrons. The van der Waals surface area contributed by atoms with E-state index in [9.17, 15) is 32.5 Å². The van der Waals surface area contributed by atoms with Crippen molar-refractivity contribution in [3.05, 3.63) is 40.6 Å². The molecule has 1 heterocycles. The topological polar surface area (TPSA) is 91.6 Å². The van der Waals surface area contributed by atoms with Gasteiger partial charge in [-0.1, -0.05) is 6.07 Å². The smallest absolute Gasteiger partial charge is 0.419 e. The summed E-state index contributed by atoms with van der Waals surface area (Å²) in [6, 6.07) is 4.50. The number of esters is 1. The number of rotatable bonds is 4. The summed E-state index contributed by atoms with van der Waals surface area (Å²) in [5, 5.41) is 11.0. The third-order valence-corrected chi connectivity index (χ3v) is 2.98. The highest BCUT2D eigenvalue weighted by molar-refractivity contribution is 5.90. The summed E-state index contributed by atoms with van der Waals surface area (Å²) in [5.74, 6) is -7.85. The Morgan fingerprint density at radius 3 is 2.50 bits per heavy atom. The second-order valence-electron chi connectivity index (χ2n) is 4.46. The van der Waals surface area contributed by atoms with E-state index in [0.29, 0.717) is 13.2 Å². The van der Waals surface area contributed by atoms with E-state index >= 15 is 0 Å². The Kier molecular flexibility index (Phi) is 4.38. The second-order valence-corrected chi connectivity index (χ2v) is 4.46. The predicted octanol–water partition coefficient (Wildman–Crippen LogP) is 2.92. The lowest BCUT2D eigenvalue weighted by molar-refractivity contribution is -0.384. The second kappa shape index (κ2) is 6.00. The Balaban J connectivity index is 2.53. The molecular formula is C13H8F4N2O5. The Morgan fingerprint density at radius 1 is 1.29 bits per heavy atom. The van der Waals surface area contributed by atoms with Gasteiger partial charge in [-0.25, -0.2) is 4.79 Å². The highest BCUT2D eigenvalue weighted by Crippen LogP contribution is 2.37. The molecule has 0 aliphatic rings. The molecule has 0 aliphatic carbocycles. The minimum atomic E-state index is -5.71. The lowest BCUT2D eigenvalue weighted by Crippen LogP contribution is -2.51. The van der Waals surface area contributed by atoms with Gasteiger partial charge in [-0.3, -0.25) is 15.1 Å². The van der Waals surface area contributed by atoms with E-state index in [2.05, 4.69) is 14.5 Å². The standard InChI is InChI=1S/C13H8F4N2O5/c1-23-12(14,13(15,16)17)11(20)24-9-6-8(19(21)22)5-7-3-2-4-18-10(7)9/h2-6H,1H3/t12-/m1/s1. The molecule has 0 fully saturated rings. The molecule has 1 aromatic heterocycles. The number of methoxy groups -OCH3 is 1. The number of non-ortho nitro benzene ring substituents is 1. The monoisotopic (exact) mass is 348 g/mol. The minimum Gasteiger partial charge on any atom is -0.419 e. The molecule has 0 amide bonds. The third kappa shape index (κ3) is 2.97. The van der Waals surface area contributed by atoms with Crippen molar-refractivity contribution in [2.75, 3.05) is 7.11 Å². The Morgan fingerprint density at radius 2 is 1.96 bits per heavy atom. The number of hydrogen-bond donors (Lipinski definition) is 0. The zero-order chi connectivity index (χ0) is 18.1. The fraction of sp³-hybridized carbons (Fsp3) is 0.231. The van der Waals surface area contributed by atoms with Crippen molar-refractivity contribution in [3.63, 3.8) is 0 Å². The Bertz CT molecular complexity index is 811. The summed E-state index contributed by atoms with van der Waals surface area (Å²) in [6.07, 6.45) is -4.49. The largest absolute Gasteiger partial charge is 0.460 e. The average molecular weight is 348 g/mol. The fourth-order valence-electron chi connectivity index (χ4n) is 1.81. The van der Waals surface area contributed by atoms with E-state index in [-0.39, 0.29) is 10.9 Å². The number of benzene rings is 1. The van der Waals surface area contributed by atoms with Crippen molar-refractivity contribution >= 4 is 22.6 Å². The summed E-state index contributed by atoms with van der Waals surface area (Å²) in [5.41, 5.74) is -0.732. The molecule has 0 unspecified atom stereocenters. The molecule has 2 rings (SSSR count). The summed E-state index contributed by atoms with van der Waals surface area (Å²) in [4.78, 5) is 25.4. The zero-order valence-corrected chi connectivity index (χ0v) is 11.8. The molecule has 24 heavy (non-hydrogen) atoms. The third-order valence-electron chi connectivity index (χ3n) is 2.98. The first-order valence-corrected chi connectivity index (χ1v) is 6.16. The van der Waals surface area contributed by atoms with Gasteiger partial charge in [0.05, 0.1) is 11.0 Å². The van der Waals surface area contributed by atoms with Crippen LogP contribution in [0, 0.1) is 10.1 Å². The van der Waals surface area contributed by atoms with Crippen LogP contribution in [-0.4, -0.2) is 35.0 Å². The van der Waals surface area contributed by atoms with Crippen LogP contribution in [0.3, 0.4) is 0 Å². The van der Waals surface area contributed by atoms with Gasteiger partial charge in [-0.05, 0) is 6.07 Å². The number of fused-ring (bicyclic) bond motifs is 1. The van der Waals surface area contributed by atoms with Crippen molar-refractivity contribution < 1.29 is 36.8 Å². The van der Waals surface area contributed by atoms with Crippen LogP contribution in [0.4, 0.5) is 23.2 Å². The molecule has 0 spiro atoms. The number of carbonyl (C=O) groups is 1. The fourth-order valence-corrected chi connectivity index (χ4v) is 1.81. The highest BCUT2D eigenvalue weighted by Gasteiger charge is 2.65. The summed E-state index contributed by atoms with van der Waals surface area (Å²) in [7, 11) is 0.332. The van der Waals surface area contributed by atoms with Crippen LogP contribution < -0.4 is 4.74 Å². The van der Waals surface area contributed by atoms with Gasteiger partial charge in [0.15, 0.2) is 5.75 Å². The van der Waals surface area contributed by atoms with E-state index in [0.717, 1.165) is 6.07 Å². The predicted molar refractivity (Wildman–Crippen MR) is 70.9 cm³/mol. The van der Waals surface area contributed by atoms with Crippen molar-refractivity contribution in [3.8, 4) is 5.75 Å². The van der Waals surface area contributed by atoms with Gasteiger partial charge in [0.1, 0.15) is 5.52 Å². The van der Waals surface area contributed by atoms with E-state index < -0.39 is 34.4 Å². The number of hydrogen-bond acceptors (Lipinski definition) is 6. The molecule has 128 valence electrons. The molecule has 0 aliphatic heterocycles. The van der Waals surface area contributed by atoms with Crippen molar-refractivity contribution in [2.45, 2.75) is 12.0 Å². The number of ether oxygens (including phenoxy) is 2. The Labute approximate surface area is 130 Å². The molecule has 7 nitrogen and oxygen atoms in total. The maximum absolute atomic E-state index is 13.8. The van der Waals surface area contributed by atoms with Gasteiger partial charge in [0.2, 0.25) is 0 Å². The van der Waals surface area contributed by atoms with Gasteiger partial charge in [0.25, 0.3) is 5.69 Å². The van der Waals surface area contributed by atoms with Crippen LogP contribution in [0.5, 0.6) is 5.75 Å². The lowest BCUT2D eigenvalue weighted by Gasteiger charge is -2.23. The first kappa shape index (κ1) is 17.5. The minimum absolute atomic E-state index is 0.114. The van der Waals surface area contributed by atoms with Gasteiger partial charge < -0.3 is 9.47 Å². The number of nitrogens with zero attached hydrogens (tertiary/aromatic N) is 2. The summed E-state index contributed by atoms with van der Waals surface area (Å²) in [6.45, 7) is 0. The molecule has 0 saturated heterocycles. The number of halogens is 4. The van der Waals surface area contributed by atoms with E-state index in [4.69, 9.17) is 0 Å². The van der Waals surface area contributed by atoms with Gasteiger partial charge in [-0.2, -0.15) is 17.6 Å². The number of nitro groups is 1. The van der Waals surface area contributed by atoms with E-state index in [1.54, 1.807) is 0 Å². The van der Waals surface area contributed by atoms with Gasteiger partial charge >= 0.3 is 18.0 Å². The van der Waals surface area contributed by atoms with Gasteiger partial charge in [0, 0.05) is 24.8 Å². The number of pyridine rings is 1. The number of carbonyl (C=O) groups excluding carboxylic acids is 1. The van der Waals surface area contributed by atoms with Crippen LogP contribution in [0.1, 0.15) is 0 Å².